The molecule has 0 unspecified atom stereocenters. The maximum Gasteiger partial charge on any atom is 0.245 e. The fourth-order valence-electron chi connectivity index (χ4n) is 2.46. The fraction of sp³-hybridized carbons (Fsp3) is 0.533. The number of rotatable bonds is 3. The molecule has 1 amide bonds. The average Bonchev–Trinajstić information content (AvgIpc) is 2.36. The van der Waals surface area contributed by atoms with Gasteiger partial charge in [-0.1, -0.05) is 0 Å². The summed E-state index contributed by atoms with van der Waals surface area (Å²) < 4.78 is 19.4. The van der Waals surface area contributed by atoms with Crippen LogP contribution in [0.5, 0.6) is 5.75 Å². The van der Waals surface area contributed by atoms with Gasteiger partial charge in [0.1, 0.15) is 5.54 Å². The van der Waals surface area contributed by atoms with Gasteiger partial charge in [-0.25, -0.2) is 4.39 Å². The van der Waals surface area contributed by atoms with Crippen LogP contribution in [0.3, 0.4) is 0 Å². The minimum Gasteiger partial charge on any atom is -0.488 e. The Morgan fingerprint density at radius 2 is 2.10 bits per heavy atom. The van der Waals surface area contributed by atoms with Crippen LogP contribution in [0.2, 0.25) is 0 Å². The SMILES string of the molecule is CC(C)Oc1cc(N2CCNC(=O)C2(C)C)c(N)cc1F. The summed E-state index contributed by atoms with van der Waals surface area (Å²) in [6.07, 6.45) is -0.145. The minimum absolute atomic E-state index is 0.0798. The Morgan fingerprint density at radius 3 is 2.71 bits per heavy atom. The number of carbonyl (C=O) groups is 1. The molecule has 0 aliphatic carbocycles. The van der Waals surface area contributed by atoms with Crippen LogP contribution >= 0.6 is 0 Å². The van der Waals surface area contributed by atoms with Crippen LogP contribution in [0.15, 0.2) is 12.1 Å². The van der Waals surface area contributed by atoms with E-state index in [0.29, 0.717) is 24.5 Å². The van der Waals surface area contributed by atoms with Gasteiger partial charge >= 0.3 is 0 Å². The molecule has 0 aromatic heterocycles. The van der Waals surface area contributed by atoms with Gasteiger partial charge in [-0.15, -0.1) is 0 Å². The number of hydrogen-bond donors (Lipinski definition) is 2. The second-order valence-electron chi connectivity index (χ2n) is 5.97. The van der Waals surface area contributed by atoms with E-state index in [-0.39, 0.29) is 17.8 Å². The van der Waals surface area contributed by atoms with Gasteiger partial charge in [-0.3, -0.25) is 4.79 Å². The quantitative estimate of drug-likeness (QED) is 0.836. The van der Waals surface area contributed by atoms with Crippen molar-refractivity contribution in [3.63, 3.8) is 0 Å². The molecule has 6 heteroatoms. The van der Waals surface area contributed by atoms with Crippen LogP contribution < -0.4 is 20.7 Å². The third-order valence-corrected chi connectivity index (χ3v) is 3.59. The van der Waals surface area contributed by atoms with Gasteiger partial charge in [-0.05, 0) is 27.7 Å². The molecule has 5 nitrogen and oxygen atoms in total. The van der Waals surface area contributed by atoms with E-state index in [9.17, 15) is 9.18 Å². The van der Waals surface area contributed by atoms with E-state index in [1.54, 1.807) is 6.07 Å². The first-order valence-electron chi connectivity index (χ1n) is 7.05. The lowest BCUT2D eigenvalue weighted by atomic mass is 9.97. The van der Waals surface area contributed by atoms with Gasteiger partial charge in [-0.2, -0.15) is 0 Å². The lowest BCUT2D eigenvalue weighted by molar-refractivity contribution is -0.126. The molecule has 0 bridgehead atoms. The molecule has 116 valence electrons. The third kappa shape index (κ3) is 2.89. The van der Waals surface area contributed by atoms with E-state index in [1.165, 1.54) is 6.07 Å². The number of nitrogens with zero attached hydrogens (tertiary/aromatic N) is 1. The highest BCUT2D eigenvalue weighted by Gasteiger charge is 2.38. The Labute approximate surface area is 124 Å². The van der Waals surface area contributed by atoms with Gasteiger partial charge in [0, 0.05) is 25.2 Å². The predicted octanol–water partition coefficient (Wildman–Crippen LogP) is 1.91. The highest BCUT2D eigenvalue weighted by Crippen LogP contribution is 2.36. The lowest BCUT2D eigenvalue weighted by Crippen LogP contribution is -2.62. The zero-order valence-corrected chi connectivity index (χ0v) is 12.9. The summed E-state index contributed by atoms with van der Waals surface area (Å²) in [7, 11) is 0. The normalized spacial score (nSPS) is 17.8. The van der Waals surface area contributed by atoms with Crippen molar-refractivity contribution in [1.29, 1.82) is 0 Å². The predicted molar refractivity (Wildman–Crippen MR) is 81.0 cm³/mol. The maximum atomic E-state index is 13.9. The van der Waals surface area contributed by atoms with Crippen LogP contribution in [0, 0.1) is 5.82 Å². The van der Waals surface area contributed by atoms with E-state index in [2.05, 4.69) is 5.32 Å². The highest BCUT2D eigenvalue weighted by molar-refractivity contribution is 5.91. The molecule has 0 saturated carbocycles. The number of benzene rings is 1. The van der Waals surface area contributed by atoms with Crippen LogP contribution in [-0.2, 0) is 4.79 Å². The molecule has 1 saturated heterocycles. The molecule has 1 aromatic rings. The molecule has 1 fully saturated rings. The first kappa shape index (κ1) is 15.4. The van der Waals surface area contributed by atoms with Crippen molar-refractivity contribution in [2.45, 2.75) is 39.3 Å². The molecule has 0 radical (unpaired) electrons. The monoisotopic (exact) mass is 295 g/mol. The fourth-order valence-corrected chi connectivity index (χ4v) is 2.46. The number of nitrogens with one attached hydrogen (secondary N) is 1. The molecule has 1 aromatic carbocycles. The van der Waals surface area contributed by atoms with Crippen molar-refractivity contribution in [3.8, 4) is 5.75 Å². The van der Waals surface area contributed by atoms with Gasteiger partial charge < -0.3 is 20.7 Å². The Morgan fingerprint density at radius 1 is 1.43 bits per heavy atom. The van der Waals surface area contributed by atoms with Crippen LogP contribution in [0.25, 0.3) is 0 Å². The summed E-state index contributed by atoms with van der Waals surface area (Å²) in [6, 6.07) is 2.82. The van der Waals surface area contributed by atoms with E-state index in [4.69, 9.17) is 10.5 Å². The average molecular weight is 295 g/mol. The van der Waals surface area contributed by atoms with E-state index in [1.807, 2.05) is 32.6 Å². The second-order valence-corrected chi connectivity index (χ2v) is 5.97. The molecule has 0 atom stereocenters. The summed E-state index contributed by atoms with van der Waals surface area (Å²) in [5.41, 5.74) is 6.11. The summed E-state index contributed by atoms with van der Waals surface area (Å²) in [5, 5.41) is 2.82. The van der Waals surface area contributed by atoms with Gasteiger partial charge in [0.05, 0.1) is 17.5 Å². The van der Waals surface area contributed by atoms with Crippen molar-refractivity contribution < 1.29 is 13.9 Å². The topological polar surface area (TPSA) is 67.6 Å². The van der Waals surface area contributed by atoms with Gasteiger partial charge in [0.2, 0.25) is 5.91 Å². The Balaban J connectivity index is 2.45. The van der Waals surface area contributed by atoms with Crippen molar-refractivity contribution in [3.05, 3.63) is 17.9 Å². The maximum absolute atomic E-state index is 13.9. The summed E-state index contributed by atoms with van der Waals surface area (Å²) >= 11 is 0. The van der Waals surface area contributed by atoms with E-state index in [0.717, 1.165) is 0 Å². The molecule has 1 aliphatic heterocycles. The Kier molecular flexibility index (Phi) is 3.98. The number of nitrogens with two attached hydrogens (primary N) is 1. The standard InChI is InChI=1S/C15H22FN3O2/c1-9(2)21-13-8-12(11(17)7-10(13)16)19-6-5-18-14(20)15(19,3)4/h7-9H,5-6,17H2,1-4H3,(H,18,20). The van der Waals surface area contributed by atoms with Crippen molar-refractivity contribution in [2.24, 2.45) is 0 Å². The smallest absolute Gasteiger partial charge is 0.245 e. The van der Waals surface area contributed by atoms with E-state index < -0.39 is 11.4 Å². The summed E-state index contributed by atoms with van der Waals surface area (Å²) in [4.78, 5) is 13.9. The first-order chi connectivity index (χ1) is 9.73. The van der Waals surface area contributed by atoms with Crippen LogP contribution in [-0.4, -0.2) is 30.6 Å². The molecule has 1 heterocycles. The number of hydrogen-bond acceptors (Lipinski definition) is 4. The van der Waals surface area contributed by atoms with E-state index >= 15 is 0 Å². The number of ether oxygens (including phenoxy) is 1. The lowest BCUT2D eigenvalue weighted by Gasteiger charge is -2.43. The first-order valence-corrected chi connectivity index (χ1v) is 7.05. The Bertz CT molecular complexity index is 558. The highest BCUT2D eigenvalue weighted by atomic mass is 19.1. The van der Waals surface area contributed by atoms with Gasteiger partial charge in [0.15, 0.2) is 11.6 Å². The third-order valence-electron chi connectivity index (χ3n) is 3.59. The van der Waals surface area contributed by atoms with Crippen molar-refractivity contribution in [2.75, 3.05) is 23.7 Å². The second kappa shape index (κ2) is 5.42. The molecular weight excluding hydrogens is 273 g/mol. The molecule has 2 rings (SSSR count). The van der Waals surface area contributed by atoms with Crippen molar-refractivity contribution in [1.82, 2.24) is 5.32 Å². The number of anilines is 2. The molecule has 0 spiro atoms. The summed E-state index contributed by atoms with van der Waals surface area (Å²) in [5.74, 6) is -0.427. The number of carbonyl (C=O) groups excluding carboxylic acids is 1. The molecule has 3 N–H and O–H groups in total. The van der Waals surface area contributed by atoms with Crippen LogP contribution in [0.4, 0.5) is 15.8 Å². The zero-order chi connectivity index (χ0) is 15.8. The van der Waals surface area contributed by atoms with Crippen LogP contribution in [0.1, 0.15) is 27.7 Å². The number of piperazine rings is 1. The molecular formula is C15H22FN3O2. The van der Waals surface area contributed by atoms with Crippen molar-refractivity contribution >= 4 is 17.3 Å². The zero-order valence-electron chi connectivity index (χ0n) is 12.9. The Hall–Kier alpha value is -1.98. The molecule has 21 heavy (non-hydrogen) atoms. The largest absolute Gasteiger partial charge is 0.488 e. The number of amides is 1. The number of nitrogen functional groups attached to an aromatic ring is 1. The minimum atomic E-state index is -0.751. The summed E-state index contributed by atoms with van der Waals surface area (Å²) in [6.45, 7) is 8.41. The number of halogens is 1. The van der Waals surface area contributed by atoms with Gasteiger partial charge in [0.25, 0.3) is 0 Å². The molecule has 1 aliphatic rings.